The molecule has 1 heterocycles. The van der Waals surface area contributed by atoms with E-state index in [2.05, 4.69) is 22.5 Å². The minimum Gasteiger partial charge on any atom is -0.494 e. The summed E-state index contributed by atoms with van der Waals surface area (Å²) in [7, 11) is 1.94. The molecule has 0 aliphatic heterocycles. The quantitative estimate of drug-likeness (QED) is 0.915. The van der Waals surface area contributed by atoms with Gasteiger partial charge in [-0.05, 0) is 31.5 Å². The maximum atomic E-state index is 5.41. The molecule has 0 aliphatic carbocycles. The molecule has 0 fully saturated rings. The van der Waals surface area contributed by atoms with Crippen molar-refractivity contribution in [2.75, 3.05) is 11.9 Å². The molecule has 0 unspecified atom stereocenters. The molecule has 0 bridgehead atoms. The molecule has 4 nitrogen and oxygen atoms in total. The van der Waals surface area contributed by atoms with Crippen LogP contribution in [0.4, 0.5) is 5.82 Å². The van der Waals surface area contributed by atoms with E-state index in [1.54, 1.807) is 0 Å². The summed E-state index contributed by atoms with van der Waals surface area (Å²) in [6, 6.07) is 10.1. The van der Waals surface area contributed by atoms with Crippen molar-refractivity contribution in [2.24, 2.45) is 7.05 Å². The van der Waals surface area contributed by atoms with Crippen molar-refractivity contribution in [3.8, 4) is 5.75 Å². The lowest BCUT2D eigenvalue weighted by atomic mass is 10.2. The average molecular weight is 282 g/mol. The van der Waals surface area contributed by atoms with Gasteiger partial charge in [-0.25, -0.2) is 0 Å². The topological polar surface area (TPSA) is 39.1 Å². The first kappa shape index (κ1) is 15.4. The van der Waals surface area contributed by atoms with Crippen LogP contribution in [0.1, 0.15) is 18.2 Å². The van der Waals surface area contributed by atoms with Gasteiger partial charge < -0.3 is 10.1 Å². The van der Waals surface area contributed by atoms with Crippen molar-refractivity contribution in [3.05, 3.63) is 41.6 Å². The molecule has 0 saturated carbocycles. The standard InChI is InChI=1S/C14H19N3O.ClH/c1-4-18-13-7-5-12(6-8-13)10-15-14-9-11(2)17(3)16-14;/h5-9H,4,10H2,1-3H3,(H,15,16);1H. The van der Waals surface area contributed by atoms with Crippen LogP contribution in [-0.2, 0) is 13.6 Å². The molecule has 2 aromatic rings. The number of benzene rings is 1. The Morgan fingerprint density at radius 3 is 2.47 bits per heavy atom. The Hall–Kier alpha value is -1.68. The number of hydrogen-bond donors (Lipinski definition) is 1. The predicted octanol–water partition coefficient (Wildman–Crippen LogP) is 3.16. The minimum absolute atomic E-state index is 0. The van der Waals surface area contributed by atoms with Crippen LogP contribution in [-0.4, -0.2) is 16.4 Å². The number of nitrogens with one attached hydrogen (secondary N) is 1. The van der Waals surface area contributed by atoms with E-state index >= 15 is 0 Å². The van der Waals surface area contributed by atoms with Gasteiger partial charge in [0.05, 0.1) is 6.61 Å². The van der Waals surface area contributed by atoms with Crippen LogP contribution in [0.3, 0.4) is 0 Å². The summed E-state index contributed by atoms with van der Waals surface area (Å²) in [5.74, 6) is 1.82. The SMILES string of the molecule is CCOc1ccc(CNc2cc(C)n(C)n2)cc1.Cl. The molecule has 0 atom stereocenters. The third-order valence-electron chi connectivity index (χ3n) is 2.82. The fourth-order valence-corrected chi connectivity index (χ4v) is 1.71. The Labute approximate surface area is 120 Å². The summed E-state index contributed by atoms with van der Waals surface area (Å²) in [4.78, 5) is 0. The maximum absolute atomic E-state index is 5.41. The van der Waals surface area contributed by atoms with Crippen molar-refractivity contribution in [3.63, 3.8) is 0 Å². The summed E-state index contributed by atoms with van der Waals surface area (Å²) in [6.07, 6.45) is 0. The van der Waals surface area contributed by atoms with Gasteiger partial charge in [-0.2, -0.15) is 5.10 Å². The summed E-state index contributed by atoms with van der Waals surface area (Å²) in [5.41, 5.74) is 2.35. The number of anilines is 1. The molecule has 0 saturated heterocycles. The third-order valence-corrected chi connectivity index (χ3v) is 2.82. The molecule has 1 aromatic heterocycles. The van der Waals surface area contributed by atoms with Crippen LogP contribution >= 0.6 is 12.4 Å². The second kappa shape index (κ2) is 7.04. The molecule has 1 N–H and O–H groups in total. The summed E-state index contributed by atoms with van der Waals surface area (Å²) >= 11 is 0. The molecular formula is C14H20ClN3O. The van der Waals surface area contributed by atoms with Crippen LogP contribution < -0.4 is 10.1 Å². The van der Waals surface area contributed by atoms with Crippen molar-refractivity contribution in [1.82, 2.24) is 9.78 Å². The first-order chi connectivity index (χ1) is 8.69. The average Bonchev–Trinajstić information content (AvgIpc) is 2.68. The van der Waals surface area contributed by atoms with Crippen molar-refractivity contribution < 1.29 is 4.74 Å². The number of hydrogen-bond acceptors (Lipinski definition) is 3. The molecule has 1 aromatic carbocycles. The highest BCUT2D eigenvalue weighted by molar-refractivity contribution is 5.85. The van der Waals surface area contributed by atoms with Gasteiger partial charge in [-0.1, -0.05) is 12.1 Å². The Balaban J connectivity index is 0.00000180. The van der Waals surface area contributed by atoms with Gasteiger partial charge in [0.1, 0.15) is 11.6 Å². The Morgan fingerprint density at radius 2 is 1.95 bits per heavy atom. The minimum atomic E-state index is 0. The van der Waals surface area contributed by atoms with Gasteiger partial charge in [0.15, 0.2) is 0 Å². The van der Waals surface area contributed by atoms with E-state index < -0.39 is 0 Å². The first-order valence-electron chi connectivity index (χ1n) is 6.15. The molecule has 0 radical (unpaired) electrons. The summed E-state index contributed by atoms with van der Waals surface area (Å²) < 4.78 is 7.27. The summed E-state index contributed by atoms with van der Waals surface area (Å²) in [6.45, 7) is 5.49. The zero-order valence-corrected chi connectivity index (χ0v) is 12.3. The van der Waals surface area contributed by atoms with Gasteiger partial charge in [0, 0.05) is 25.4 Å². The van der Waals surface area contributed by atoms with Gasteiger partial charge in [0.2, 0.25) is 0 Å². The van der Waals surface area contributed by atoms with E-state index in [1.165, 1.54) is 5.56 Å². The molecular weight excluding hydrogens is 262 g/mol. The lowest BCUT2D eigenvalue weighted by Crippen LogP contribution is -2.01. The number of rotatable bonds is 5. The second-order valence-corrected chi connectivity index (χ2v) is 4.23. The lowest BCUT2D eigenvalue weighted by molar-refractivity contribution is 0.340. The van der Waals surface area contributed by atoms with Gasteiger partial charge in [-0.3, -0.25) is 4.68 Å². The number of nitrogens with zero attached hydrogens (tertiary/aromatic N) is 2. The molecule has 0 aliphatic rings. The highest BCUT2D eigenvalue weighted by Crippen LogP contribution is 2.14. The van der Waals surface area contributed by atoms with Crippen molar-refractivity contribution in [1.29, 1.82) is 0 Å². The number of aromatic nitrogens is 2. The molecule has 19 heavy (non-hydrogen) atoms. The van der Waals surface area contributed by atoms with E-state index in [0.717, 1.165) is 23.8 Å². The van der Waals surface area contributed by atoms with Crippen LogP contribution in [0.2, 0.25) is 0 Å². The van der Waals surface area contributed by atoms with E-state index in [4.69, 9.17) is 4.74 Å². The van der Waals surface area contributed by atoms with Crippen molar-refractivity contribution >= 4 is 18.2 Å². The monoisotopic (exact) mass is 281 g/mol. The molecule has 5 heteroatoms. The fraction of sp³-hybridized carbons (Fsp3) is 0.357. The molecule has 2 rings (SSSR count). The molecule has 104 valence electrons. The largest absolute Gasteiger partial charge is 0.494 e. The number of halogens is 1. The van der Waals surface area contributed by atoms with E-state index in [1.807, 2.05) is 43.8 Å². The zero-order valence-electron chi connectivity index (χ0n) is 11.5. The highest BCUT2D eigenvalue weighted by atomic mass is 35.5. The number of aryl methyl sites for hydroxylation is 2. The second-order valence-electron chi connectivity index (χ2n) is 4.23. The van der Waals surface area contributed by atoms with Crippen molar-refractivity contribution in [2.45, 2.75) is 20.4 Å². The van der Waals surface area contributed by atoms with Crippen LogP contribution in [0.25, 0.3) is 0 Å². The fourth-order valence-electron chi connectivity index (χ4n) is 1.71. The Bertz CT molecular complexity index is 488. The van der Waals surface area contributed by atoms with E-state index in [-0.39, 0.29) is 12.4 Å². The molecule has 0 spiro atoms. The van der Waals surface area contributed by atoms with Gasteiger partial charge in [0.25, 0.3) is 0 Å². The van der Waals surface area contributed by atoms with Crippen LogP contribution in [0, 0.1) is 6.92 Å². The lowest BCUT2D eigenvalue weighted by Gasteiger charge is -2.05. The smallest absolute Gasteiger partial charge is 0.148 e. The predicted molar refractivity (Wildman–Crippen MR) is 80.1 cm³/mol. The zero-order chi connectivity index (χ0) is 13.0. The first-order valence-corrected chi connectivity index (χ1v) is 6.15. The maximum Gasteiger partial charge on any atom is 0.148 e. The van der Waals surface area contributed by atoms with E-state index in [9.17, 15) is 0 Å². The third kappa shape index (κ3) is 4.17. The summed E-state index contributed by atoms with van der Waals surface area (Å²) in [5, 5.41) is 7.65. The number of ether oxygens (including phenoxy) is 1. The van der Waals surface area contributed by atoms with Gasteiger partial charge >= 0.3 is 0 Å². The Morgan fingerprint density at radius 1 is 1.26 bits per heavy atom. The van der Waals surface area contributed by atoms with Crippen LogP contribution in [0.5, 0.6) is 5.75 Å². The molecule has 0 amide bonds. The van der Waals surface area contributed by atoms with Gasteiger partial charge in [-0.15, -0.1) is 12.4 Å². The normalized spacial score (nSPS) is 9.84. The van der Waals surface area contributed by atoms with E-state index in [0.29, 0.717) is 6.61 Å². The Kier molecular flexibility index (Phi) is 5.70. The van der Waals surface area contributed by atoms with Crippen LogP contribution in [0.15, 0.2) is 30.3 Å². The highest BCUT2D eigenvalue weighted by Gasteiger charge is 2.00.